The van der Waals surface area contributed by atoms with Crippen LogP contribution in [0, 0.1) is 12.8 Å². The quantitative estimate of drug-likeness (QED) is 0.630. The molecule has 2 aromatic carbocycles. The van der Waals surface area contributed by atoms with E-state index in [-0.39, 0.29) is 30.9 Å². The van der Waals surface area contributed by atoms with Crippen molar-refractivity contribution in [3.63, 3.8) is 0 Å². The van der Waals surface area contributed by atoms with E-state index in [0.717, 1.165) is 18.4 Å². The molecular weight excluding hydrogens is 378 g/mol. The Bertz CT molecular complexity index is 862. The van der Waals surface area contributed by atoms with Gasteiger partial charge in [0.1, 0.15) is 5.75 Å². The first-order valence-electron chi connectivity index (χ1n) is 10.5. The third kappa shape index (κ3) is 6.07. The van der Waals surface area contributed by atoms with Crippen LogP contribution in [-0.4, -0.2) is 43.5 Å². The molecule has 2 amide bonds. The molecule has 6 nitrogen and oxygen atoms in total. The van der Waals surface area contributed by atoms with Gasteiger partial charge in [0, 0.05) is 0 Å². The summed E-state index contributed by atoms with van der Waals surface area (Å²) in [5.74, 6) is 0.878. The third-order valence-electron chi connectivity index (χ3n) is 5.41. The Morgan fingerprint density at radius 2 is 1.73 bits per heavy atom. The molecule has 1 fully saturated rings. The van der Waals surface area contributed by atoms with E-state index in [1.165, 1.54) is 5.56 Å². The van der Waals surface area contributed by atoms with E-state index in [1.54, 1.807) is 19.2 Å². The Morgan fingerprint density at radius 1 is 1.07 bits per heavy atom. The summed E-state index contributed by atoms with van der Waals surface area (Å²) in [5.41, 5.74) is 2.98. The monoisotopic (exact) mass is 409 g/mol. The summed E-state index contributed by atoms with van der Waals surface area (Å²) < 4.78 is 5.27. The number of rotatable bonds is 10. The normalized spacial score (nSPS) is 14.3. The lowest BCUT2D eigenvalue weighted by Crippen LogP contribution is -2.42. The second kappa shape index (κ2) is 10.3. The highest BCUT2D eigenvalue weighted by Gasteiger charge is 2.33. The summed E-state index contributed by atoms with van der Waals surface area (Å²) >= 11 is 0. The largest absolute Gasteiger partial charge is 0.495 e. The fourth-order valence-electron chi connectivity index (χ4n) is 3.52. The highest BCUT2D eigenvalue weighted by atomic mass is 16.5. The van der Waals surface area contributed by atoms with Crippen molar-refractivity contribution < 1.29 is 14.3 Å². The van der Waals surface area contributed by atoms with Gasteiger partial charge < -0.3 is 15.4 Å². The number of carbonyl (C=O) groups is 2. The van der Waals surface area contributed by atoms with E-state index in [4.69, 9.17) is 4.74 Å². The van der Waals surface area contributed by atoms with Crippen LogP contribution in [0.25, 0.3) is 0 Å². The number of ether oxygens (including phenoxy) is 1. The van der Waals surface area contributed by atoms with Crippen molar-refractivity contribution in [2.45, 2.75) is 32.7 Å². The lowest BCUT2D eigenvalue weighted by molar-refractivity contribution is -0.124. The minimum Gasteiger partial charge on any atom is -0.495 e. The molecule has 0 heterocycles. The van der Waals surface area contributed by atoms with Gasteiger partial charge in [0.2, 0.25) is 11.8 Å². The summed E-state index contributed by atoms with van der Waals surface area (Å²) in [6, 6.07) is 15.7. The van der Waals surface area contributed by atoms with Crippen LogP contribution >= 0.6 is 0 Å². The smallest absolute Gasteiger partial charge is 0.238 e. The average molecular weight is 410 g/mol. The predicted octanol–water partition coefficient (Wildman–Crippen LogP) is 3.53. The average Bonchev–Trinajstić information content (AvgIpc) is 3.58. The van der Waals surface area contributed by atoms with Gasteiger partial charge in [0.05, 0.1) is 31.9 Å². The van der Waals surface area contributed by atoms with Gasteiger partial charge in [0.25, 0.3) is 0 Å². The number of likely N-dealkylation sites (N-methyl/N-ethyl adjacent to an activating group) is 1. The van der Waals surface area contributed by atoms with Crippen molar-refractivity contribution in [2.24, 2.45) is 5.92 Å². The number of methoxy groups -OCH3 is 1. The molecule has 2 aromatic rings. The number of amides is 2. The van der Waals surface area contributed by atoms with Crippen LogP contribution < -0.4 is 15.4 Å². The number of benzene rings is 2. The standard InChI is InChI=1S/C24H31N3O3/c1-4-27(15-22(28)25-20-7-5-6-8-21(20)30-3)16-23(29)26-24(19-13-14-19)18-11-9-17(2)10-12-18/h5-12,19,24H,4,13-16H2,1-3H3,(H,25,28)(H,26,29). The lowest BCUT2D eigenvalue weighted by atomic mass is 10.0. The zero-order chi connectivity index (χ0) is 21.5. The molecule has 1 atom stereocenters. The lowest BCUT2D eigenvalue weighted by Gasteiger charge is -2.23. The molecule has 0 radical (unpaired) electrons. The van der Waals surface area contributed by atoms with Crippen LogP contribution in [-0.2, 0) is 9.59 Å². The first-order valence-corrected chi connectivity index (χ1v) is 10.5. The number of carbonyl (C=O) groups excluding carboxylic acids is 2. The van der Waals surface area contributed by atoms with Crippen molar-refractivity contribution in [2.75, 3.05) is 32.1 Å². The summed E-state index contributed by atoms with van der Waals surface area (Å²) in [6.45, 7) is 4.93. The van der Waals surface area contributed by atoms with Crippen molar-refractivity contribution in [1.82, 2.24) is 10.2 Å². The Balaban J connectivity index is 1.55. The van der Waals surface area contributed by atoms with E-state index in [1.807, 2.05) is 24.0 Å². The van der Waals surface area contributed by atoms with Crippen molar-refractivity contribution in [1.29, 1.82) is 0 Å². The molecule has 2 N–H and O–H groups in total. The molecule has 1 unspecified atom stereocenters. The van der Waals surface area contributed by atoms with Crippen molar-refractivity contribution >= 4 is 17.5 Å². The minimum absolute atomic E-state index is 0.0409. The number of hydrogen-bond donors (Lipinski definition) is 2. The Kier molecular flexibility index (Phi) is 7.46. The summed E-state index contributed by atoms with van der Waals surface area (Å²) in [6.07, 6.45) is 2.27. The first-order chi connectivity index (χ1) is 14.5. The number of nitrogens with one attached hydrogen (secondary N) is 2. The van der Waals surface area contributed by atoms with Crippen LogP contribution in [0.4, 0.5) is 5.69 Å². The van der Waals surface area contributed by atoms with Gasteiger partial charge in [0.15, 0.2) is 0 Å². The van der Waals surface area contributed by atoms with Crippen LogP contribution in [0.1, 0.15) is 36.9 Å². The molecule has 0 bridgehead atoms. The maximum Gasteiger partial charge on any atom is 0.238 e. The molecule has 1 aliphatic rings. The van der Waals surface area contributed by atoms with Crippen LogP contribution in [0.3, 0.4) is 0 Å². The molecule has 160 valence electrons. The molecule has 30 heavy (non-hydrogen) atoms. The fourth-order valence-corrected chi connectivity index (χ4v) is 3.52. The van der Waals surface area contributed by atoms with Crippen molar-refractivity contribution in [3.05, 3.63) is 59.7 Å². The zero-order valence-electron chi connectivity index (χ0n) is 18.0. The maximum atomic E-state index is 12.7. The summed E-state index contributed by atoms with van der Waals surface area (Å²) in [7, 11) is 1.57. The van der Waals surface area contributed by atoms with Crippen LogP contribution in [0.2, 0.25) is 0 Å². The molecule has 1 aliphatic carbocycles. The summed E-state index contributed by atoms with van der Waals surface area (Å²) in [5, 5.41) is 6.05. The molecular formula is C24H31N3O3. The van der Waals surface area contributed by atoms with Gasteiger partial charge in [-0.05, 0) is 49.9 Å². The van der Waals surface area contributed by atoms with E-state index in [2.05, 4.69) is 41.8 Å². The molecule has 3 rings (SSSR count). The molecule has 0 spiro atoms. The predicted molar refractivity (Wildman–Crippen MR) is 119 cm³/mol. The highest BCUT2D eigenvalue weighted by molar-refractivity contribution is 5.94. The maximum absolute atomic E-state index is 12.7. The second-order valence-corrected chi connectivity index (χ2v) is 7.85. The highest BCUT2D eigenvalue weighted by Crippen LogP contribution is 2.41. The Morgan fingerprint density at radius 3 is 2.37 bits per heavy atom. The van der Waals surface area contributed by atoms with E-state index < -0.39 is 0 Å². The van der Waals surface area contributed by atoms with Gasteiger partial charge in [-0.2, -0.15) is 0 Å². The number of aryl methyl sites for hydroxylation is 1. The SMILES string of the molecule is CCN(CC(=O)Nc1ccccc1OC)CC(=O)NC(c1ccc(C)cc1)C1CC1. The van der Waals surface area contributed by atoms with Gasteiger partial charge in [-0.25, -0.2) is 0 Å². The summed E-state index contributed by atoms with van der Waals surface area (Å²) in [4.78, 5) is 27.0. The Hall–Kier alpha value is -2.86. The van der Waals surface area contributed by atoms with Gasteiger partial charge >= 0.3 is 0 Å². The number of para-hydroxylation sites is 2. The molecule has 0 aromatic heterocycles. The number of anilines is 1. The van der Waals surface area contributed by atoms with E-state index in [9.17, 15) is 9.59 Å². The van der Waals surface area contributed by atoms with Gasteiger partial charge in [-0.15, -0.1) is 0 Å². The van der Waals surface area contributed by atoms with Crippen LogP contribution in [0.15, 0.2) is 48.5 Å². The van der Waals surface area contributed by atoms with Crippen LogP contribution in [0.5, 0.6) is 5.75 Å². The first kappa shape index (κ1) is 21.8. The molecule has 1 saturated carbocycles. The number of hydrogen-bond acceptors (Lipinski definition) is 4. The Labute approximate surface area is 178 Å². The third-order valence-corrected chi connectivity index (χ3v) is 5.41. The van der Waals surface area contributed by atoms with Gasteiger partial charge in [-0.3, -0.25) is 14.5 Å². The fraction of sp³-hybridized carbons (Fsp3) is 0.417. The topological polar surface area (TPSA) is 70.7 Å². The van der Waals surface area contributed by atoms with Crippen molar-refractivity contribution in [3.8, 4) is 5.75 Å². The zero-order valence-corrected chi connectivity index (χ0v) is 18.0. The van der Waals surface area contributed by atoms with Gasteiger partial charge in [-0.1, -0.05) is 48.9 Å². The van der Waals surface area contributed by atoms with E-state index in [0.29, 0.717) is 23.9 Å². The molecule has 0 saturated heterocycles. The molecule has 6 heteroatoms. The number of nitrogens with zero attached hydrogens (tertiary/aromatic N) is 1. The second-order valence-electron chi connectivity index (χ2n) is 7.85. The molecule has 0 aliphatic heterocycles. The van der Waals surface area contributed by atoms with E-state index >= 15 is 0 Å². The minimum atomic E-state index is -0.175.